The fourth-order valence-electron chi connectivity index (χ4n) is 1.70. The maximum absolute atomic E-state index is 11.6. The first kappa shape index (κ1) is 13.8. The molecule has 6 heteroatoms. The molecule has 1 aliphatic heterocycles. The smallest absolute Gasteiger partial charge is 0.326 e. The third-order valence-electron chi connectivity index (χ3n) is 3.03. The number of urea groups is 1. The number of carboxylic acids is 1. The molecule has 6 nitrogen and oxygen atoms in total. The van der Waals surface area contributed by atoms with Crippen molar-refractivity contribution >= 4 is 12.0 Å². The average Bonchev–Trinajstić information content (AvgIpc) is 2.77. The summed E-state index contributed by atoms with van der Waals surface area (Å²) in [6, 6.07) is -1.29. The SMILES string of the molecule is CC[C@H](C)[C@H](NC(=O)NC1CCOC1)C(=O)O. The number of amides is 2. The molecule has 1 saturated heterocycles. The molecule has 0 aromatic rings. The van der Waals surface area contributed by atoms with Gasteiger partial charge >= 0.3 is 12.0 Å². The molecule has 0 saturated carbocycles. The minimum atomic E-state index is -1.00. The Bertz CT molecular complexity index is 277. The molecule has 0 radical (unpaired) electrons. The zero-order valence-electron chi connectivity index (χ0n) is 10.2. The number of carbonyl (C=O) groups excluding carboxylic acids is 1. The van der Waals surface area contributed by atoms with Crippen LogP contribution in [-0.4, -0.2) is 42.4 Å². The zero-order chi connectivity index (χ0) is 12.8. The summed E-state index contributed by atoms with van der Waals surface area (Å²) < 4.78 is 5.12. The molecule has 1 rings (SSSR count). The Kier molecular flexibility index (Phi) is 5.21. The number of nitrogens with one attached hydrogen (secondary N) is 2. The largest absolute Gasteiger partial charge is 0.480 e. The van der Waals surface area contributed by atoms with Gasteiger partial charge < -0.3 is 20.5 Å². The van der Waals surface area contributed by atoms with E-state index in [1.165, 1.54) is 0 Å². The fourth-order valence-corrected chi connectivity index (χ4v) is 1.70. The van der Waals surface area contributed by atoms with E-state index in [1.54, 1.807) is 6.92 Å². The van der Waals surface area contributed by atoms with Gasteiger partial charge in [-0.25, -0.2) is 9.59 Å². The first-order valence-electron chi connectivity index (χ1n) is 5.92. The van der Waals surface area contributed by atoms with Gasteiger partial charge in [0.15, 0.2) is 0 Å². The van der Waals surface area contributed by atoms with Crippen LogP contribution in [0.15, 0.2) is 0 Å². The van der Waals surface area contributed by atoms with Gasteiger partial charge in [-0.1, -0.05) is 20.3 Å². The van der Waals surface area contributed by atoms with Gasteiger partial charge in [0.05, 0.1) is 12.6 Å². The van der Waals surface area contributed by atoms with E-state index in [0.717, 1.165) is 6.42 Å². The molecular formula is C11H20N2O4. The Morgan fingerprint density at radius 3 is 2.71 bits per heavy atom. The van der Waals surface area contributed by atoms with Gasteiger partial charge in [-0.15, -0.1) is 0 Å². The molecule has 0 aliphatic carbocycles. The molecule has 1 unspecified atom stereocenters. The average molecular weight is 244 g/mol. The molecule has 0 aromatic carbocycles. The van der Waals surface area contributed by atoms with E-state index < -0.39 is 18.0 Å². The Hall–Kier alpha value is -1.30. The number of carbonyl (C=O) groups is 2. The minimum Gasteiger partial charge on any atom is -0.480 e. The van der Waals surface area contributed by atoms with Crippen molar-refractivity contribution in [3.63, 3.8) is 0 Å². The van der Waals surface area contributed by atoms with Gasteiger partial charge in [-0.3, -0.25) is 0 Å². The number of rotatable bonds is 5. The maximum atomic E-state index is 11.6. The number of carboxylic acid groups (broad SMARTS) is 1. The highest BCUT2D eigenvalue weighted by molar-refractivity contribution is 5.82. The van der Waals surface area contributed by atoms with Crippen LogP contribution in [0.2, 0.25) is 0 Å². The van der Waals surface area contributed by atoms with Crippen LogP contribution in [0.1, 0.15) is 26.7 Å². The molecule has 98 valence electrons. The Morgan fingerprint density at radius 1 is 1.53 bits per heavy atom. The Labute approximate surface area is 101 Å². The number of hydrogen-bond donors (Lipinski definition) is 3. The van der Waals surface area contributed by atoms with Crippen molar-refractivity contribution < 1.29 is 19.4 Å². The molecule has 0 bridgehead atoms. The van der Waals surface area contributed by atoms with Crippen LogP contribution < -0.4 is 10.6 Å². The highest BCUT2D eigenvalue weighted by Gasteiger charge is 2.26. The number of ether oxygens (including phenoxy) is 1. The third kappa shape index (κ3) is 4.22. The van der Waals surface area contributed by atoms with E-state index in [0.29, 0.717) is 19.6 Å². The molecule has 1 heterocycles. The first-order chi connectivity index (χ1) is 8.04. The third-order valence-corrected chi connectivity index (χ3v) is 3.03. The predicted molar refractivity (Wildman–Crippen MR) is 61.8 cm³/mol. The van der Waals surface area contributed by atoms with Crippen molar-refractivity contribution in [1.82, 2.24) is 10.6 Å². The standard InChI is InChI=1S/C11H20N2O4/c1-3-7(2)9(10(14)15)13-11(16)12-8-4-5-17-6-8/h7-9H,3-6H2,1-2H3,(H,14,15)(H2,12,13,16)/t7-,8?,9-/m0/s1. The molecule has 1 fully saturated rings. The lowest BCUT2D eigenvalue weighted by Gasteiger charge is -2.21. The summed E-state index contributed by atoms with van der Waals surface area (Å²) >= 11 is 0. The maximum Gasteiger partial charge on any atom is 0.326 e. The summed E-state index contributed by atoms with van der Waals surface area (Å²) in [4.78, 5) is 22.6. The van der Waals surface area contributed by atoms with Crippen molar-refractivity contribution in [2.75, 3.05) is 13.2 Å². The lowest BCUT2D eigenvalue weighted by molar-refractivity contribution is -0.140. The van der Waals surface area contributed by atoms with Gasteiger partial charge in [0.25, 0.3) is 0 Å². The molecule has 3 N–H and O–H groups in total. The highest BCUT2D eigenvalue weighted by atomic mass is 16.5. The topological polar surface area (TPSA) is 87.7 Å². The van der Waals surface area contributed by atoms with Crippen molar-refractivity contribution in [3.05, 3.63) is 0 Å². The van der Waals surface area contributed by atoms with E-state index in [9.17, 15) is 9.59 Å². The molecule has 0 aromatic heterocycles. The minimum absolute atomic E-state index is 0.0126. The summed E-state index contributed by atoms with van der Waals surface area (Å²) in [5.41, 5.74) is 0. The van der Waals surface area contributed by atoms with Crippen molar-refractivity contribution in [2.24, 2.45) is 5.92 Å². The summed E-state index contributed by atoms with van der Waals surface area (Å²) in [5, 5.41) is 14.2. The second-order valence-corrected chi connectivity index (χ2v) is 4.38. The zero-order valence-corrected chi connectivity index (χ0v) is 10.2. The van der Waals surface area contributed by atoms with E-state index in [2.05, 4.69) is 10.6 Å². The fraction of sp³-hybridized carbons (Fsp3) is 0.818. The van der Waals surface area contributed by atoms with Crippen LogP contribution in [0.25, 0.3) is 0 Å². The Morgan fingerprint density at radius 2 is 2.24 bits per heavy atom. The van der Waals surface area contributed by atoms with E-state index in [4.69, 9.17) is 9.84 Å². The molecule has 3 atom stereocenters. The molecule has 2 amide bonds. The second kappa shape index (κ2) is 6.44. The van der Waals surface area contributed by atoms with Crippen LogP contribution >= 0.6 is 0 Å². The summed E-state index contributed by atoms with van der Waals surface area (Å²) in [5.74, 6) is -1.10. The van der Waals surface area contributed by atoms with E-state index in [-0.39, 0.29) is 12.0 Å². The molecule has 0 spiro atoms. The quantitative estimate of drug-likeness (QED) is 0.660. The van der Waals surface area contributed by atoms with Gasteiger partial charge in [0, 0.05) is 6.61 Å². The lowest BCUT2D eigenvalue weighted by atomic mass is 9.99. The van der Waals surface area contributed by atoms with Gasteiger partial charge in [0.1, 0.15) is 6.04 Å². The van der Waals surface area contributed by atoms with Gasteiger partial charge in [0.2, 0.25) is 0 Å². The lowest BCUT2D eigenvalue weighted by Crippen LogP contribution is -2.51. The van der Waals surface area contributed by atoms with Crippen LogP contribution in [0.5, 0.6) is 0 Å². The summed E-state index contributed by atoms with van der Waals surface area (Å²) in [7, 11) is 0. The van der Waals surface area contributed by atoms with Crippen LogP contribution in [0.3, 0.4) is 0 Å². The van der Waals surface area contributed by atoms with E-state index >= 15 is 0 Å². The van der Waals surface area contributed by atoms with E-state index in [1.807, 2.05) is 6.92 Å². The summed E-state index contributed by atoms with van der Waals surface area (Å²) in [6.45, 7) is 4.83. The Balaban J connectivity index is 2.43. The summed E-state index contributed by atoms with van der Waals surface area (Å²) in [6.07, 6.45) is 1.47. The van der Waals surface area contributed by atoms with Crippen molar-refractivity contribution in [3.8, 4) is 0 Å². The molecular weight excluding hydrogens is 224 g/mol. The number of aliphatic carboxylic acids is 1. The van der Waals surface area contributed by atoms with Crippen molar-refractivity contribution in [2.45, 2.75) is 38.8 Å². The molecule has 17 heavy (non-hydrogen) atoms. The predicted octanol–water partition coefficient (Wildman–Crippen LogP) is 0.574. The highest BCUT2D eigenvalue weighted by Crippen LogP contribution is 2.08. The normalized spacial score (nSPS) is 22.8. The van der Waals surface area contributed by atoms with Crippen LogP contribution in [0.4, 0.5) is 4.79 Å². The van der Waals surface area contributed by atoms with Crippen LogP contribution in [0, 0.1) is 5.92 Å². The monoisotopic (exact) mass is 244 g/mol. The second-order valence-electron chi connectivity index (χ2n) is 4.38. The van der Waals surface area contributed by atoms with Crippen LogP contribution in [-0.2, 0) is 9.53 Å². The van der Waals surface area contributed by atoms with Crippen molar-refractivity contribution in [1.29, 1.82) is 0 Å². The van der Waals surface area contributed by atoms with Gasteiger partial charge in [-0.05, 0) is 12.3 Å². The first-order valence-corrected chi connectivity index (χ1v) is 5.92. The van der Waals surface area contributed by atoms with Gasteiger partial charge in [-0.2, -0.15) is 0 Å². The number of hydrogen-bond acceptors (Lipinski definition) is 3. The molecule has 1 aliphatic rings.